The molecule has 2 heterocycles. The van der Waals surface area contributed by atoms with Crippen LogP contribution >= 0.6 is 0 Å². The number of ether oxygens (including phenoxy) is 2. The topological polar surface area (TPSA) is 60.8 Å². The molecule has 1 aliphatic rings. The highest BCUT2D eigenvalue weighted by atomic mass is 16.5. The molecule has 1 atom stereocenters. The highest BCUT2D eigenvalue weighted by molar-refractivity contribution is 5.93. The molecule has 2 aromatic rings. The molecule has 1 aromatic carbocycles. The maximum absolute atomic E-state index is 13.1. The zero-order chi connectivity index (χ0) is 19.2. The first kappa shape index (κ1) is 19.2. The molecule has 0 aliphatic carbocycles. The van der Waals surface area contributed by atoms with Crippen LogP contribution in [0.15, 0.2) is 47.4 Å². The van der Waals surface area contributed by atoms with Crippen molar-refractivity contribution in [2.45, 2.75) is 25.4 Å². The number of pyridine rings is 1. The van der Waals surface area contributed by atoms with Crippen LogP contribution in [0.2, 0.25) is 0 Å². The Morgan fingerprint density at radius 2 is 2.07 bits per heavy atom. The van der Waals surface area contributed by atoms with E-state index in [-0.39, 0.29) is 23.1 Å². The first-order chi connectivity index (χ1) is 13.1. The third kappa shape index (κ3) is 4.77. The van der Waals surface area contributed by atoms with Crippen LogP contribution in [0.4, 0.5) is 0 Å². The van der Waals surface area contributed by atoms with Gasteiger partial charge in [0.1, 0.15) is 11.3 Å². The first-order valence-corrected chi connectivity index (χ1v) is 9.28. The molecule has 3 rings (SSSR count). The molecule has 0 bridgehead atoms. The lowest BCUT2D eigenvalue weighted by Crippen LogP contribution is -2.41. The summed E-state index contributed by atoms with van der Waals surface area (Å²) >= 11 is 0. The summed E-state index contributed by atoms with van der Waals surface area (Å²) in [6.07, 6.45) is 4.35. The zero-order valence-electron chi connectivity index (χ0n) is 15.9. The van der Waals surface area contributed by atoms with E-state index in [2.05, 4.69) is 0 Å². The van der Waals surface area contributed by atoms with Crippen LogP contribution < -0.4 is 10.3 Å². The van der Waals surface area contributed by atoms with Gasteiger partial charge < -0.3 is 18.9 Å². The number of carbonyl (C=O) groups is 1. The molecule has 0 saturated carbocycles. The Morgan fingerprint density at radius 3 is 2.74 bits per heavy atom. The fourth-order valence-corrected chi connectivity index (χ4v) is 3.30. The van der Waals surface area contributed by atoms with Gasteiger partial charge in [-0.2, -0.15) is 0 Å². The van der Waals surface area contributed by atoms with Crippen molar-refractivity contribution in [1.29, 1.82) is 0 Å². The smallest absolute Gasteiger partial charge is 0.263 e. The van der Waals surface area contributed by atoms with Crippen molar-refractivity contribution in [2.75, 3.05) is 26.8 Å². The molecule has 0 spiro atoms. The molecule has 1 amide bonds. The number of aryl methyl sites for hydroxylation is 1. The van der Waals surface area contributed by atoms with Gasteiger partial charge in [-0.05, 0) is 49.1 Å². The van der Waals surface area contributed by atoms with E-state index in [0.29, 0.717) is 19.5 Å². The van der Waals surface area contributed by atoms with E-state index in [1.54, 1.807) is 37.4 Å². The van der Waals surface area contributed by atoms with Gasteiger partial charge in [0.2, 0.25) is 0 Å². The van der Waals surface area contributed by atoms with Crippen molar-refractivity contribution in [3.63, 3.8) is 0 Å². The molecule has 0 radical (unpaired) electrons. The number of hydrogen-bond acceptors (Lipinski definition) is 4. The Hall–Kier alpha value is -2.60. The second kappa shape index (κ2) is 8.86. The van der Waals surface area contributed by atoms with Gasteiger partial charge in [-0.25, -0.2) is 0 Å². The standard InChI is InChI=1S/C21H26N2O4/c1-22-12-3-6-19(20(22)24)21(25)23(15-18-5-4-14-27-18)13-11-16-7-9-17(26-2)10-8-16/h3,6-10,12,18H,4-5,11,13-15H2,1-2H3. The van der Waals surface area contributed by atoms with E-state index in [1.165, 1.54) is 4.57 Å². The van der Waals surface area contributed by atoms with Gasteiger partial charge in [-0.3, -0.25) is 9.59 Å². The quantitative estimate of drug-likeness (QED) is 0.750. The number of methoxy groups -OCH3 is 1. The average Bonchev–Trinajstić information content (AvgIpc) is 3.20. The van der Waals surface area contributed by atoms with Gasteiger partial charge in [0.15, 0.2) is 0 Å². The molecule has 1 aromatic heterocycles. The Kier molecular flexibility index (Phi) is 6.29. The average molecular weight is 370 g/mol. The molecule has 1 unspecified atom stereocenters. The van der Waals surface area contributed by atoms with E-state index in [4.69, 9.17) is 9.47 Å². The monoisotopic (exact) mass is 370 g/mol. The maximum Gasteiger partial charge on any atom is 0.263 e. The predicted molar refractivity (Wildman–Crippen MR) is 103 cm³/mol. The summed E-state index contributed by atoms with van der Waals surface area (Å²) in [6, 6.07) is 11.1. The van der Waals surface area contributed by atoms with Crippen molar-refractivity contribution in [1.82, 2.24) is 9.47 Å². The third-order valence-electron chi connectivity index (χ3n) is 4.92. The van der Waals surface area contributed by atoms with Gasteiger partial charge in [0, 0.05) is 32.9 Å². The molecule has 6 heteroatoms. The van der Waals surface area contributed by atoms with Crippen LogP contribution in [0, 0.1) is 0 Å². The van der Waals surface area contributed by atoms with Gasteiger partial charge in [-0.1, -0.05) is 12.1 Å². The van der Waals surface area contributed by atoms with Crippen LogP contribution in [-0.2, 0) is 18.2 Å². The fraction of sp³-hybridized carbons (Fsp3) is 0.429. The summed E-state index contributed by atoms with van der Waals surface area (Å²) in [5.74, 6) is 0.569. The SMILES string of the molecule is COc1ccc(CCN(CC2CCCO2)C(=O)c2cccn(C)c2=O)cc1. The van der Waals surface area contributed by atoms with Crippen molar-refractivity contribution in [2.24, 2.45) is 7.05 Å². The van der Waals surface area contributed by atoms with Crippen LogP contribution in [0.3, 0.4) is 0 Å². The molecule has 1 saturated heterocycles. The van der Waals surface area contributed by atoms with E-state index in [9.17, 15) is 9.59 Å². The fourth-order valence-electron chi connectivity index (χ4n) is 3.30. The largest absolute Gasteiger partial charge is 0.497 e. The first-order valence-electron chi connectivity index (χ1n) is 9.28. The maximum atomic E-state index is 13.1. The van der Waals surface area contributed by atoms with Gasteiger partial charge in [0.05, 0.1) is 13.2 Å². The minimum Gasteiger partial charge on any atom is -0.497 e. The normalized spacial score (nSPS) is 16.3. The van der Waals surface area contributed by atoms with Gasteiger partial charge in [-0.15, -0.1) is 0 Å². The number of hydrogen-bond donors (Lipinski definition) is 0. The highest BCUT2D eigenvalue weighted by Gasteiger charge is 2.25. The number of aromatic nitrogens is 1. The zero-order valence-corrected chi connectivity index (χ0v) is 15.9. The Balaban J connectivity index is 1.75. The summed E-state index contributed by atoms with van der Waals surface area (Å²) in [5.41, 5.74) is 1.04. The highest BCUT2D eigenvalue weighted by Crippen LogP contribution is 2.16. The number of rotatable bonds is 7. The lowest BCUT2D eigenvalue weighted by molar-refractivity contribution is 0.0527. The summed E-state index contributed by atoms with van der Waals surface area (Å²) < 4.78 is 12.3. The number of amides is 1. The molecule has 144 valence electrons. The van der Waals surface area contributed by atoms with Crippen molar-refractivity contribution >= 4 is 5.91 Å². The second-order valence-electron chi connectivity index (χ2n) is 6.82. The van der Waals surface area contributed by atoms with E-state index in [0.717, 1.165) is 30.8 Å². The van der Waals surface area contributed by atoms with E-state index in [1.807, 2.05) is 24.3 Å². The molecular weight excluding hydrogens is 344 g/mol. The molecule has 1 fully saturated rings. The predicted octanol–water partition coefficient (Wildman–Crippen LogP) is 2.26. The molecule has 6 nitrogen and oxygen atoms in total. The lowest BCUT2D eigenvalue weighted by atomic mass is 10.1. The second-order valence-corrected chi connectivity index (χ2v) is 6.82. The summed E-state index contributed by atoms with van der Waals surface area (Å²) in [5, 5.41) is 0. The summed E-state index contributed by atoms with van der Waals surface area (Å²) in [4.78, 5) is 27.2. The molecule has 27 heavy (non-hydrogen) atoms. The summed E-state index contributed by atoms with van der Waals surface area (Å²) in [7, 11) is 3.29. The molecule has 1 aliphatic heterocycles. The number of nitrogens with zero attached hydrogens (tertiary/aromatic N) is 2. The van der Waals surface area contributed by atoms with Crippen LogP contribution in [0.5, 0.6) is 5.75 Å². The lowest BCUT2D eigenvalue weighted by Gasteiger charge is -2.25. The Labute approximate surface area is 159 Å². The van der Waals surface area contributed by atoms with Gasteiger partial charge >= 0.3 is 0 Å². The third-order valence-corrected chi connectivity index (χ3v) is 4.92. The number of benzene rings is 1. The van der Waals surface area contributed by atoms with Crippen molar-refractivity contribution in [3.8, 4) is 5.75 Å². The van der Waals surface area contributed by atoms with E-state index >= 15 is 0 Å². The Morgan fingerprint density at radius 1 is 1.30 bits per heavy atom. The van der Waals surface area contributed by atoms with Gasteiger partial charge in [0.25, 0.3) is 11.5 Å². The molecule has 0 N–H and O–H groups in total. The number of carbonyl (C=O) groups excluding carboxylic acids is 1. The van der Waals surface area contributed by atoms with Crippen molar-refractivity contribution in [3.05, 3.63) is 64.1 Å². The van der Waals surface area contributed by atoms with Crippen LogP contribution in [-0.4, -0.2) is 48.3 Å². The minimum absolute atomic E-state index is 0.0392. The van der Waals surface area contributed by atoms with Crippen LogP contribution in [0.1, 0.15) is 28.8 Å². The Bertz CT molecular complexity index is 823. The van der Waals surface area contributed by atoms with Crippen molar-refractivity contribution < 1.29 is 14.3 Å². The molecular formula is C21H26N2O4. The van der Waals surface area contributed by atoms with E-state index < -0.39 is 0 Å². The minimum atomic E-state index is -0.274. The summed E-state index contributed by atoms with van der Waals surface area (Å²) in [6.45, 7) is 1.77. The van der Waals surface area contributed by atoms with Crippen LogP contribution in [0.25, 0.3) is 0 Å².